The van der Waals surface area contributed by atoms with E-state index in [1.807, 2.05) is 74.6 Å². The van der Waals surface area contributed by atoms with Crippen LogP contribution in [0.4, 0.5) is 0 Å². The number of benzene rings is 2. The number of fused-ring (bicyclic) bond motifs is 1. The molecule has 0 unspecified atom stereocenters. The van der Waals surface area contributed by atoms with Crippen LogP contribution in [0.5, 0.6) is 11.5 Å². The molecule has 0 radical (unpaired) electrons. The Balaban J connectivity index is 2.02. The zero-order valence-electron chi connectivity index (χ0n) is 21.6. The molecule has 5 heteroatoms. The molecule has 0 bridgehead atoms. The van der Waals surface area contributed by atoms with E-state index >= 15 is 0 Å². The Bertz CT molecular complexity index is 1200. The van der Waals surface area contributed by atoms with E-state index in [4.69, 9.17) is 20.6 Å². The number of phenols is 1. The molecule has 4 N–H and O–H groups in total. The first-order chi connectivity index (χ1) is 17.4. The van der Waals surface area contributed by atoms with E-state index in [-0.39, 0.29) is 11.6 Å². The molecule has 0 spiro atoms. The average molecular weight is 487 g/mol. The highest BCUT2D eigenvalue weighted by Gasteiger charge is 2.04. The van der Waals surface area contributed by atoms with E-state index in [0.29, 0.717) is 18.8 Å². The Morgan fingerprint density at radius 1 is 1.08 bits per heavy atom. The Hall–Kier alpha value is -3.99. The first-order valence-electron chi connectivity index (χ1n) is 12.2. The monoisotopic (exact) mass is 486 g/mol. The molecule has 0 saturated carbocycles. The summed E-state index contributed by atoms with van der Waals surface area (Å²) < 4.78 is 12.0. The predicted octanol–water partition coefficient (Wildman–Crippen LogP) is 7.51. The summed E-state index contributed by atoms with van der Waals surface area (Å²) in [6.45, 7) is 10.8. The van der Waals surface area contributed by atoms with Gasteiger partial charge in [0.25, 0.3) is 0 Å². The van der Waals surface area contributed by atoms with E-state index in [0.717, 1.165) is 52.7 Å². The lowest BCUT2D eigenvalue weighted by atomic mass is 10.1. The second kappa shape index (κ2) is 15.1. The normalized spacial score (nSPS) is 13.3. The summed E-state index contributed by atoms with van der Waals surface area (Å²) in [4.78, 5) is 0. The number of allylic oxidation sites excluding steroid dienone is 8. The number of hydrogen-bond acceptors (Lipinski definition) is 4. The molecule has 2 aromatic carbocycles. The maximum atomic E-state index is 9.72. The van der Waals surface area contributed by atoms with Gasteiger partial charge in [0.1, 0.15) is 36.3 Å². The lowest BCUT2D eigenvalue weighted by Crippen LogP contribution is -2.11. The third-order valence-electron chi connectivity index (χ3n) is 5.40. The second-order valence-electron chi connectivity index (χ2n) is 8.39. The molecule has 0 saturated heterocycles. The van der Waals surface area contributed by atoms with Gasteiger partial charge in [0.2, 0.25) is 0 Å². The predicted molar refractivity (Wildman–Crippen MR) is 152 cm³/mol. The molecule has 0 heterocycles. The first kappa shape index (κ1) is 28.2. The Morgan fingerprint density at radius 3 is 2.56 bits per heavy atom. The van der Waals surface area contributed by atoms with Gasteiger partial charge in [-0.15, -0.1) is 0 Å². The molecular formula is C31H38N2O3. The van der Waals surface area contributed by atoms with Crippen molar-refractivity contribution in [3.05, 3.63) is 108 Å². The number of phenolic OH excluding ortho intramolecular Hbond substituents is 1. The highest BCUT2D eigenvalue weighted by atomic mass is 16.5. The Labute approximate surface area is 215 Å². The fourth-order valence-corrected chi connectivity index (χ4v) is 3.52. The summed E-state index contributed by atoms with van der Waals surface area (Å²) in [6, 6.07) is 11.1. The van der Waals surface area contributed by atoms with Crippen molar-refractivity contribution >= 4 is 16.6 Å². The van der Waals surface area contributed by atoms with Gasteiger partial charge in [0.05, 0.1) is 0 Å². The standard InChI is InChI=1S/C31H38N2O3/c1-5-9-24(7-3)30(12-8-11-23(4)13-14-26(10-6-2)31(32)33)36-20-19-35-29-18-16-25-15-17-28(34)21-27(25)22-29/h6-8,10,12-18,21-22,34H,3,5,9,11,19-20H2,1-2,4H3,(H3,32,33)/b10-6-,12-8-,23-13+,26-14+,30-24-. The molecule has 2 aromatic rings. The number of aromatic hydroxyl groups is 1. The van der Waals surface area contributed by atoms with E-state index < -0.39 is 0 Å². The van der Waals surface area contributed by atoms with Crippen LogP contribution in [0.2, 0.25) is 0 Å². The second-order valence-corrected chi connectivity index (χ2v) is 8.39. The average Bonchev–Trinajstić information content (AvgIpc) is 2.86. The highest BCUT2D eigenvalue weighted by Crippen LogP contribution is 2.24. The van der Waals surface area contributed by atoms with E-state index in [1.54, 1.807) is 12.1 Å². The van der Waals surface area contributed by atoms with Crippen molar-refractivity contribution < 1.29 is 14.6 Å². The molecule has 0 aromatic heterocycles. The number of amidine groups is 1. The van der Waals surface area contributed by atoms with Crippen molar-refractivity contribution in [1.82, 2.24) is 0 Å². The Morgan fingerprint density at radius 2 is 1.86 bits per heavy atom. The minimum absolute atomic E-state index is 0.0468. The van der Waals surface area contributed by atoms with Gasteiger partial charge in [0, 0.05) is 5.57 Å². The fraction of sp³-hybridized carbons (Fsp3) is 0.258. The van der Waals surface area contributed by atoms with Crippen LogP contribution in [-0.2, 0) is 4.74 Å². The molecule has 36 heavy (non-hydrogen) atoms. The van der Waals surface area contributed by atoms with Gasteiger partial charge < -0.3 is 20.3 Å². The minimum Gasteiger partial charge on any atom is -0.508 e. The van der Waals surface area contributed by atoms with E-state index in [9.17, 15) is 5.11 Å². The van der Waals surface area contributed by atoms with Crippen molar-refractivity contribution in [2.75, 3.05) is 13.2 Å². The summed E-state index contributed by atoms with van der Waals surface area (Å²) in [6.07, 6.45) is 16.0. The zero-order valence-corrected chi connectivity index (χ0v) is 21.6. The van der Waals surface area contributed by atoms with Gasteiger partial charge in [-0.25, -0.2) is 0 Å². The third kappa shape index (κ3) is 9.34. The van der Waals surface area contributed by atoms with Gasteiger partial charge in [-0.1, -0.05) is 74.1 Å². The maximum Gasteiger partial charge on any atom is 0.122 e. The summed E-state index contributed by atoms with van der Waals surface area (Å²) in [5, 5.41) is 19.3. The quantitative estimate of drug-likeness (QED) is 0.0847. The number of hydrogen-bond donors (Lipinski definition) is 3. The molecule has 0 aliphatic rings. The van der Waals surface area contributed by atoms with Crippen LogP contribution in [0.15, 0.2) is 108 Å². The van der Waals surface area contributed by atoms with Crippen molar-refractivity contribution in [3.63, 3.8) is 0 Å². The summed E-state index contributed by atoms with van der Waals surface area (Å²) in [5.74, 6) is 1.80. The van der Waals surface area contributed by atoms with Crippen molar-refractivity contribution in [2.24, 2.45) is 5.73 Å². The molecule has 0 aliphatic carbocycles. The molecule has 0 fully saturated rings. The van der Waals surface area contributed by atoms with E-state index in [1.165, 1.54) is 0 Å². The van der Waals surface area contributed by atoms with E-state index in [2.05, 4.69) is 19.6 Å². The Kier molecular flexibility index (Phi) is 11.8. The molecule has 0 atom stereocenters. The molecule has 0 aliphatic heterocycles. The topological polar surface area (TPSA) is 88.6 Å². The van der Waals surface area contributed by atoms with Gasteiger partial charge in [-0.05, 0) is 73.4 Å². The fourth-order valence-electron chi connectivity index (χ4n) is 3.52. The van der Waals surface area contributed by atoms with Gasteiger partial charge in [-0.3, -0.25) is 5.41 Å². The molecule has 5 nitrogen and oxygen atoms in total. The van der Waals surface area contributed by atoms with Crippen LogP contribution < -0.4 is 10.5 Å². The first-order valence-corrected chi connectivity index (χ1v) is 12.2. The smallest absolute Gasteiger partial charge is 0.122 e. The van der Waals surface area contributed by atoms with Crippen LogP contribution in [0, 0.1) is 5.41 Å². The van der Waals surface area contributed by atoms with Crippen molar-refractivity contribution in [3.8, 4) is 11.5 Å². The summed E-state index contributed by atoms with van der Waals surface area (Å²) in [7, 11) is 0. The third-order valence-corrected chi connectivity index (χ3v) is 5.40. The van der Waals surface area contributed by atoms with Crippen LogP contribution in [0.3, 0.4) is 0 Å². The highest BCUT2D eigenvalue weighted by molar-refractivity contribution is 5.97. The van der Waals surface area contributed by atoms with Crippen molar-refractivity contribution in [1.29, 1.82) is 5.41 Å². The number of nitrogens with two attached hydrogens (primary N) is 1. The van der Waals surface area contributed by atoms with Crippen molar-refractivity contribution in [2.45, 2.75) is 40.0 Å². The maximum absolute atomic E-state index is 9.72. The van der Waals surface area contributed by atoms with Crippen LogP contribution in [-0.4, -0.2) is 24.2 Å². The van der Waals surface area contributed by atoms with Crippen LogP contribution in [0.1, 0.15) is 40.0 Å². The summed E-state index contributed by atoms with van der Waals surface area (Å²) >= 11 is 0. The summed E-state index contributed by atoms with van der Waals surface area (Å²) in [5.41, 5.74) is 8.50. The lowest BCUT2D eigenvalue weighted by Gasteiger charge is -2.13. The molecule has 0 amide bonds. The van der Waals surface area contributed by atoms with Crippen LogP contribution >= 0.6 is 0 Å². The largest absolute Gasteiger partial charge is 0.508 e. The number of nitrogens with one attached hydrogen (secondary N) is 1. The minimum atomic E-state index is 0.0468. The van der Waals surface area contributed by atoms with Gasteiger partial charge >= 0.3 is 0 Å². The number of ether oxygens (including phenoxy) is 2. The SMILES string of the molecule is C=C/C(CCC)=C(\C=C/C/C(C)=C/C=C(\C=C/C)C(=N)N)OCCOc1ccc2ccc(O)cc2c1. The van der Waals surface area contributed by atoms with Gasteiger partial charge in [-0.2, -0.15) is 0 Å². The lowest BCUT2D eigenvalue weighted by molar-refractivity contribution is 0.162. The van der Waals surface area contributed by atoms with Crippen LogP contribution in [0.25, 0.3) is 10.8 Å². The number of rotatable bonds is 14. The molecular weight excluding hydrogens is 448 g/mol. The molecule has 2 rings (SSSR count). The molecule has 190 valence electrons. The van der Waals surface area contributed by atoms with Gasteiger partial charge in [0.15, 0.2) is 0 Å². The zero-order chi connectivity index (χ0) is 26.3.